The summed E-state index contributed by atoms with van der Waals surface area (Å²) in [6, 6.07) is 10.3. The molecular formula is C23H20ClF2N5O. The predicted molar refractivity (Wildman–Crippen MR) is 116 cm³/mol. The van der Waals surface area contributed by atoms with Crippen molar-refractivity contribution in [3.63, 3.8) is 0 Å². The summed E-state index contributed by atoms with van der Waals surface area (Å²) in [6.45, 7) is 1.24. The maximum Gasteiger partial charge on any atom is 0.272 e. The third-order valence-corrected chi connectivity index (χ3v) is 5.86. The Morgan fingerprint density at radius 1 is 1.19 bits per heavy atom. The topological polar surface area (TPSA) is 87.9 Å². The highest BCUT2D eigenvalue weighted by molar-refractivity contribution is 6.31. The number of hydrogen-bond acceptors (Lipinski definition) is 4. The molecule has 9 heteroatoms. The van der Waals surface area contributed by atoms with E-state index < -0.39 is 11.6 Å². The number of carbonyl (C=O) groups excluding carboxylic acids is 1. The minimum absolute atomic E-state index is 0.0662. The maximum atomic E-state index is 13.8. The van der Waals surface area contributed by atoms with Crippen LogP contribution in [0.1, 0.15) is 34.5 Å². The molecule has 6 nitrogen and oxygen atoms in total. The third kappa shape index (κ3) is 4.35. The van der Waals surface area contributed by atoms with E-state index in [4.69, 9.17) is 22.6 Å². The van der Waals surface area contributed by atoms with Crippen molar-refractivity contribution in [1.29, 1.82) is 5.26 Å². The first-order valence-corrected chi connectivity index (χ1v) is 10.5. The van der Waals surface area contributed by atoms with Crippen molar-refractivity contribution in [3.8, 4) is 17.5 Å². The van der Waals surface area contributed by atoms with E-state index in [0.717, 1.165) is 0 Å². The van der Waals surface area contributed by atoms with E-state index in [1.807, 2.05) is 6.07 Å². The predicted octanol–water partition coefficient (Wildman–Crippen LogP) is 3.96. The lowest BCUT2D eigenvalue weighted by atomic mass is 10.1. The number of likely N-dealkylation sites (tertiary alicyclic amines) is 1. The molecule has 3 aromatic rings. The van der Waals surface area contributed by atoms with E-state index in [9.17, 15) is 13.6 Å². The fourth-order valence-electron chi connectivity index (χ4n) is 3.78. The highest BCUT2D eigenvalue weighted by atomic mass is 35.5. The van der Waals surface area contributed by atoms with Crippen LogP contribution in [-0.2, 0) is 6.54 Å². The molecule has 164 valence electrons. The molecule has 2 N–H and O–H groups in total. The van der Waals surface area contributed by atoms with Crippen LogP contribution in [0.15, 0.2) is 42.6 Å². The second-order valence-electron chi connectivity index (χ2n) is 7.74. The largest absolute Gasteiger partial charge is 0.337 e. The zero-order valence-electron chi connectivity index (χ0n) is 17.1. The molecule has 2 aromatic carbocycles. The lowest BCUT2D eigenvalue weighted by Crippen LogP contribution is -2.43. The van der Waals surface area contributed by atoms with Gasteiger partial charge in [0, 0.05) is 31.2 Å². The monoisotopic (exact) mass is 455 g/mol. The van der Waals surface area contributed by atoms with E-state index in [1.54, 1.807) is 15.5 Å². The van der Waals surface area contributed by atoms with Crippen LogP contribution in [0.3, 0.4) is 0 Å². The number of nitrogens with zero attached hydrogens (tertiary/aromatic N) is 4. The number of piperidine rings is 1. The Hall–Kier alpha value is -3.28. The first-order chi connectivity index (χ1) is 15.4. The normalized spacial score (nSPS) is 14.4. The smallest absolute Gasteiger partial charge is 0.272 e. The van der Waals surface area contributed by atoms with Gasteiger partial charge in [-0.05, 0) is 48.7 Å². The second kappa shape index (κ2) is 9.07. The Bertz CT molecular complexity index is 1210. The minimum atomic E-state index is -0.617. The summed E-state index contributed by atoms with van der Waals surface area (Å²) in [4.78, 5) is 19.4. The number of nitriles is 1. The summed E-state index contributed by atoms with van der Waals surface area (Å²) in [5.41, 5.74) is 7.34. The molecule has 0 bridgehead atoms. The van der Waals surface area contributed by atoms with Gasteiger partial charge in [-0.15, -0.1) is 0 Å². The van der Waals surface area contributed by atoms with Gasteiger partial charge in [0.2, 0.25) is 0 Å². The summed E-state index contributed by atoms with van der Waals surface area (Å²) in [6.07, 6.45) is 2.89. The second-order valence-corrected chi connectivity index (χ2v) is 8.14. The highest BCUT2D eigenvalue weighted by Gasteiger charge is 2.26. The number of rotatable bonds is 4. The molecule has 1 fully saturated rings. The average Bonchev–Trinajstić information content (AvgIpc) is 3.20. The summed E-state index contributed by atoms with van der Waals surface area (Å²) in [5.74, 6) is -0.974. The molecule has 0 saturated carbocycles. The van der Waals surface area contributed by atoms with Crippen molar-refractivity contribution in [3.05, 3.63) is 76.1 Å². The van der Waals surface area contributed by atoms with Crippen LogP contribution < -0.4 is 5.73 Å². The molecule has 2 heterocycles. The number of hydrogen-bond donors (Lipinski definition) is 1. The van der Waals surface area contributed by atoms with Gasteiger partial charge in [-0.3, -0.25) is 4.79 Å². The van der Waals surface area contributed by atoms with Crippen molar-refractivity contribution in [1.82, 2.24) is 14.5 Å². The van der Waals surface area contributed by atoms with Crippen molar-refractivity contribution in [2.75, 3.05) is 13.1 Å². The van der Waals surface area contributed by atoms with Gasteiger partial charge < -0.3 is 15.2 Å². The van der Waals surface area contributed by atoms with E-state index in [2.05, 4.69) is 4.98 Å². The van der Waals surface area contributed by atoms with E-state index in [-0.39, 0.29) is 29.1 Å². The molecule has 4 rings (SSSR count). The Morgan fingerprint density at radius 2 is 1.91 bits per heavy atom. The maximum absolute atomic E-state index is 13.8. The zero-order valence-corrected chi connectivity index (χ0v) is 17.8. The molecule has 1 aliphatic rings. The van der Waals surface area contributed by atoms with Crippen molar-refractivity contribution < 1.29 is 13.6 Å². The summed E-state index contributed by atoms with van der Waals surface area (Å²) < 4.78 is 29.2. The molecule has 0 radical (unpaired) electrons. The number of imidazole rings is 1. The van der Waals surface area contributed by atoms with Crippen molar-refractivity contribution in [2.24, 2.45) is 5.73 Å². The number of amides is 1. The Labute approximate surface area is 188 Å². The molecule has 1 saturated heterocycles. The molecule has 0 atom stereocenters. The van der Waals surface area contributed by atoms with Crippen LogP contribution in [-0.4, -0.2) is 39.5 Å². The number of nitrogens with two attached hydrogens (primary N) is 1. The number of halogens is 3. The standard InChI is InChI=1S/C23H20ClF2N5O/c24-18-10-15(2-4-20(18)26)22-29-12-21(23(32)30-7-5-17(28)6-8-30)31(22)13-14-1-3-19(25)16(9-14)11-27/h1-4,9-10,12,17H,5-8,13,28H2. The molecule has 0 aliphatic carbocycles. The van der Waals surface area contributed by atoms with Crippen molar-refractivity contribution in [2.45, 2.75) is 25.4 Å². The molecule has 1 amide bonds. The summed E-state index contributed by atoms with van der Waals surface area (Å²) in [7, 11) is 0. The molecule has 32 heavy (non-hydrogen) atoms. The Kier molecular flexibility index (Phi) is 6.21. The van der Waals surface area contributed by atoms with Gasteiger partial charge in [0.1, 0.15) is 29.2 Å². The van der Waals surface area contributed by atoms with Gasteiger partial charge in [-0.25, -0.2) is 13.8 Å². The van der Waals surface area contributed by atoms with Gasteiger partial charge >= 0.3 is 0 Å². The highest BCUT2D eigenvalue weighted by Crippen LogP contribution is 2.27. The van der Waals surface area contributed by atoms with Gasteiger partial charge in [0.25, 0.3) is 5.91 Å². The van der Waals surface area contributed by atoms with Crippen molar-refractivity contribution >= 4 is 17.5 Å². The fraction of sp³-hybridized carbons (Fsp3) is 0.261. The first-order valence-electron chi connectivity index (χ1n) is 10.1. The quantitative estimate of drug-likeness (QED) is 0.644. The van der Waals surface area contributed by atoms with Gasteiger partial charge in [-0.2, -0.15) is 5.26 Å². The lowest BCUT2D eigenvalue weighted by molar-refractivity contribution is 0.0704. The third-order valence-electron chi connectivity index (χ3n) is 5.57. The Morgan fingerprint density at radius 3 is 2.59 bits per heavy atom. The molecular weight excluding hydrogens is 436 g/mol. The average molecular weight is 456 g/mol. The number of carbonyl (C=O) groups is 1. The lowest BCUT2D eigenvalue weighted by Gasteiger charge is -2.30. The molecule has 1 aliphatic heterocycles. The van der Waals surface area contributed by atoms with Gasteiger partial charge in [0.05, 0.1) is 16.8 Å². The molecule has 1 aromatic heterocycles. The van der Waals surface area contributed by atoms with E-state index in [0.29, 0.717) is 48.6 Å². The first kappa shape index (κ1) is 21.9. The van der Waals surface area contributed by atoms with Crippen LogP contribution in [0, 0.1) is 23.0 Å². The fourth-order valence-corrected chi connectivity index (χ4v) is 3.96. The van der Waals surface area contributed by atoms with Crippen LogP contribution in [0.5, 0.6) is 0 Å². The van der Waals surface area contributed by atoms with Gasteiger partial charge in [0.15, 0.2) is 0 Å². The summed E-state index contributed by atoms with van der Waals surface area (Å²) >= 11 is 5.96. The van der Waals surface area contributed by atoms with Crippen LogP contribution >= 0.6 is 11.6 Å². The molecule has 0 spiro atoms. The zero-order chi connectivity index (χ0) is 22.8. The van der Waals surface area contributed by atoms with Crippen LogP contribution in [0.25, 0.3) is 11.4 Å². The van der Waals surface area contributed by atoms with E-state index in [1.165, 1.54) is 36.5 Å². The number of benzene rings is 2. The van der Waals surface area contributed by atoms with Gasteiger partial charge in [-0.1, -0.05) is 17.7 Å². The SMILES string of the molecule is N#Cc1cc(Cn2c(C(=O)N3CCC(N)CC3)cnc2-c2ccc(F)c(Cl)c2)ccc1F. The van der Waals surface area contributed by atoms with Crippen LogP contribution in [0.4, 0.5) is 8.78 Å². The summed E-state index contributed by atoms with van der Waals surface area (Å²) in [5, 5.41) is 9.10. The number of aromatic nitrogens is 2. The van der Waals surface area contributed by atoms with Crippen LogP contribution in [0.2, 0.25) is 5.02 Å². The molecule has 0 unspecified atom stereocenters. The van der Waals surface area contributed by atoms with E-state index >= 15 is 0 Å². The Balaban J connectivity index is 1.76. The minimum Gasteiger partial charge on any atom is -0.337 e.